The van der Waals surface area contributed by atoms with E-state index < -0.39 is 0 Å². The normalized spacial score (nSPS) is 15.4. The lowest BCUT2D eigenvalue weighted by molar-refractivity contribution is -0.113. The van der Waals surface area contributed by atoms with Crippen molar-refractivity contribution in [1.82, 2.24) is 24.6 Å². The Kier molecular flexibility index (Phi) is 7.44. The third-order valence-electron chi connectivity index (χ3n) is 5.80. The van der Waals surface area contributed by atoms with E-state index in [1.807, 2.05) is 11.3 Å². The number of thiazole rings is 1. The standard InChI is InChI=1S/C23H30N6O2S3/c1-12(2)29-20(16-10-32-17-9-13(3)7-8-15(16)17)26-27-23(29)33-11-18(30)25-22-24-14(4)19(34-22)21(31)28(5)6/h10,12-13H,7-9,11H2,1-6H3,(H,24,25,30). The Balaban J connectivity index is 1.47. The SMILES string of the molecule is Cc1nc(NC(=O)CSc2nnc(-c3csc4c3CCC(C)C4)n2C(C)C)sc1C(=O)N(C)C. The Morgan fingerprint density at radius 1 is 1.32 bits per heavy atom. The molecule has 34 heavy (non-hydrogen) atoms. The van der Waals surface area contributed by atoms with E-state index in [1.54, 1.807) is 21.0 Å². The van der Waals surface area contributed by atoms with Gasteiger partial charge >= 0.3 is 0 Å². The molecule has 0 fully saturated rings. The highest BCUT2D eigenvalue weighted by molar-refractivity contribution is 7.99. The highest BCUT2D eigenvalue weighted by Crippen LogP contribution is 2.39. The quantitative estimate of drug-likeness (QED) is 0.447. The lowest BCUT2D eigenvalue weighted by atomic mass is 9.88. The van der Waals surface area contributed by atoms with Crippen LogP contribution in [0.2, 0.25) is 0 Å². The Hall–Kier alpha value is -2.24. The van der Waals surface area contributed by atoms with Gasteiger partial charge in [0.05, 0.1) is 11.4 Å². The summed E-state index contributed by atoms with van der Waals surface area (Å²) in [5.41, 5.74) is 3.21. The van der Waals surface area contributed by atoms with Crippen molar-refractivity contribution in [2.24, 2.45) is 5.92 Å². The second kappa shape index (κ2) is 10.2. The van der Waals surface area contributed by atoms with E-state index in [0.717, 1.165) is 29.7 Å². The fourth-order valence-corrected chi connectivity index (χ4v) is 7.14. The molecule has 0 radical (unpaired) electrons. The summed E-state index contributed by atoms with van der Waals surface area (Å²) < 4.78 is 2.12. The molecule has 4 rings (SSSR count). The average molecular weight is 519 g/mol. The number of amides is 2. The van der Waals surface area contributed by atoms with E-state index in [0.29, 0.717) is 15.7 Å². The van der Waals surface area contributed by atoms with Gasteiger partial charge in [0.1, 0.15) is 4.88 Å². The number of thiophene rings is 1. The summed E-state index contributed by atoms with van der Waals surface area (Å²) in [5, 5.41) is 15.2. The molecule has 1 unspecified atom stereocenters. The second-order valence-corrected chi connectivity index (χ2v) is 12.0. The van der Waals surface area contributed by atoms with Crippen LogP contribution in [0, 0.1) is 12.8 Å². The van der Waals surface area contributed by atoms with Gasteiger partial charge in [0.15, 0.2) is 16.1 Å². The number of nitrogens with zero attached hydrogens (tertiary/aromatic N) is 5. The van der Waals surface area contributed by atoms with Crippen LogP contribution in [-0.2, 0) is 17.6 Å². The molecule has 0 bridgehead atoms. The zero-order chi connectivity index (χ0) is 24.6. The van der Waals surface area contributed by atoms with E-state index in [2.05, 4.69) is 51.2 Å². The van der Waals surface area contributed by atoms with Crippen molar-refractivity contribution in [3.63, 3.8) is 0 Å². The minimum absolute atomic E-state index is 0.118. The zero-order valence-corrected chi connectivity index (χ0v) is 22.8. The molecule has 0 saturated heterocycles. The lowest BCUT2D eigenvalue weighted by Gasteiger charge is -2.19. The summed E-state index contributed by atoms with van der Waals surface area (Å²) in [7, 11) is 3.39. The maximum Gasteiger partial charge on any atom is 0.265 e. The molecule has 0 spiro atoms. The van der Waals surface area contributed by atoms with Crippen LogP contribution >= 0.6 is 34.4 Å². The van der Waals surface area contributed by atoms with Crippen LogP contribution in [0.4, 0.5) is 5.13 Å². The molecule has 0 aliphatic heterocycles. The van der Waals surface area contributed by atoms with Gasteiger partial charge < -0.3 is 10.2 Å². The first-order valence-corrected chi connectivity index (χ1v) is 14.0. The van der Waals surface area contributed by atoms with Gasteiger partial charge in [0.25, 0.3) is 5.91 Å². The predicted octanol–water partition coefficient (Wildman–Crippen LogP) is 4.91. The molecular weight excluding hydrogens is 488 g/mol. The van der Waals surface area contributed by atoms with Crippen molar-refractivity contribution >= 4 is 51.4 Å². The van der Waals surface area contributed by atoms with Gasteiger partial charge in [-0.15, -0.1) is 21.5 Å². The van der Waals surface area contributed by atoms with Crippen molar-refractivity contribution in [3.8, 4) is 11.4 Å². The Labute approximate surface area is 212 Å². The van der Waals surface area contributed by atoms with Crippen LogP contribution in [0.5, 0.6) is 0 Å². The molecule has 11 heteroatoms. The predicted molar refractivity (Wildman–Crippen MR) is 139 cm³/mol. The highest BCUT2D eigenvalue weighted by atomic mass is 32.2. The molecular formula is C23H30N6O2S3. The molecule has 8 nitrogen and oxygen atoms in total. The molecule has 1 atom stereocenters. The number of carbonyl (C=O) groups is 2. The topological polar surface area (TPSA) is 93.0 Å². The smallest absolute Gasteiger partial charge is 0.265 e. The fraction of sp³-hybridized carbons (Fsp3) is 0.522. The zero-order valence-electron chi connectivity index (χ0n) is 20.3. The number of anilines is 1. The molecule has 3 aromatic heterocycles. The van der Waals surface area contributed by atoms with Crippen LogP contribution in [-0.4, -0.2) is 56.3 Å². The van der Waals surface area contributed by atoms with E-state index in [1.165, 1.54) is 50.4 Å². The van der Waals surface area contributed by atoms with Gasteiger partial charge in [0.2, 0.25) is 5.91 Å². The van der Waals surface area contributed by atoms with Gasteiger partial charge in [-0.3, -0.25) is 14.2 Å². The number of hydrogen-bond acceptors (Lipinski definition) is 8. The van der Waals surface area contributed by atoms with E-state index >= 15 is 0 Å². The van der Waals surface area contributed by atoms with Crippen LogP contribution in [0.3, 0.4) is 0 Å². The first-order chi connectivity index (χ1) is 16.2. The van der Waals surface area contributed by atoms with Crippen LogP contribution < -0.4 is 5.32 Å². The number of carbonyl (C=O) groups excluding carboxylic acids is 2. The van der Waals surface area contributed by atoms with Gasteiger partial charge in [0, 0.05) is 36.0 Å². The molecule has 1 N–H and O–H groups in total. The molecule has 2 amide bonds. The first kappa shape index (κ1) is 24.9. The lowest BCUT2D eigenvalue weighted by Crippen LogP contribution is -2.21. The molecule has 0 saturated carbocycles. The minimum atomic E-state index is -0.190. The van der Waals surface area contributed by atoms with Crippen molar-refractivity contribution in [2.75, 3.05) is 25.2 Å². The van der Waals surface area contributed by atoms with Gasteiger partial charge in [-0.05, 0) is 51.5 Å². The Bertz CT molecular complexity index is 1210. The molecule has 3 aromatic rings. The van der Waals surface area contributed by atoms with Gasteiger partial charge in [-0.25, -0.2) is 4.98 Å². The number of rotatable bonds is 7. The highest BCUT2D eigenvalue weighted by Gasteiger charge is 2.26. The van der Waals surface area contributed by atoms with E-state index in [-0.39, 0.29) is 23.6 Å². The number of hydrogen-bond donors (Lipinski definition) is 1. The molecule has 1 aliphatic carbocycles. The summed E-state index contributed by atoms with van der Waals surface area (Å²) in [6, 6.07) is 0.162. The van der Waals surface area contributed by atoms with Crippen molar-refractivity contribution in [1.29, 1.82) is 0 Å². The maximum absolute atomic E-state index is 12.6. The number of fused-ring (bicyclic) bond motifs is 1. The first-order valence-electron chi connectivity index (χ1n) is 11.3. The average Bonchev–Trinajstić information content (AvgIpc) is 3.47. The monoisotopic (exact) mass is 518 g/mol. The fourth-order valence-electron chi connectivity index (χ4n) is 4.03. The number of aromatic nitrogens is 4. The van der Waals surface area contributed by atoms with Crippen molar-refractivity contribution < 1.29 is 9.59 Å². The summed E-state index contributed by atoms with van der Waals surface area (Å²) in [6.45, 7) is 8.31. The molecule has 0 aromatic carbocycles. The third kappa shape index (κ3) is 5.06. The molecule has 3 heterocycles. The Morgan fingerprint density at radius 2 is 2.09 bits per heavy atom. The van der Waals surface area contributed by atoms with Crippen LogP contribution in [0.25, 0.3) is 11.4 Å². The van der Waals surface area contributed by atoms with Crippen molar-refractivity contribution in [2.45, 2.75) is 58.2 Å². The number of thioether (sulfide) groups is 1. The summed E-state index contributed by atoms with van der Waals surface area (Å²) >= 11 is 4.38. The molecule has 1 aliphatic rings. The van der Waals surface area contributed by atoms with E-state index in [4.69, 9.17) is 0 Å². The van der Waals surface area contributed by atoms with Gasteiger partial charge in [-0.2, -0.15) is 0 Å². The van der Waals surface area contributed by atoms with Crippen LogP contribution in [0.1, 0.15) is 59.0 Å². The number of nitrogens with one attached hydrogen (secondary N) is 1. The van der Waals surface area contributed by atoms with E-state index in [9.17, 15) is 9.59 Å². The molecule has 182 valence electrons. The second-order valence-electron chi connectivity index (χ2n) is 9.14. The largest absolute Gasteiger partial charge is 0.344 e. The third-order valence-corrected chi connectivity index (χ3v) is 8.85. The Morgan fingerprint density at radius 3 is 2.79 bits per heavy atom. The van der Waals surface area contributed by atoms with Crippen molar-refractivity contribution in [3.05, 3.63) is 26.4 Å². The maximum atomic E-state index is 12.6. The summed E-state index contributed by atoms with van der Waals surface area (Å²) in [6.07, 6.45) is 3.42. The van der Waals surface area contributed by atoms with Gasteiger partial charge in [-0.1, -0.05) is 30.0 Å². The summed E-state index contributed by atoms with van der Waals surface area (Å²) in [4.78, 5) is 32.7. The number of aryl methyl sites for hydroxylation is 1. The summed E-state index contributed by atoms with van der Waals surface area (Å²) in [5.74, 6) is 1.48. The minimum Gasteiger partial charge on any atom is -0.344 e. The van der Waals surface area contributed by atoms with Crippen LogP contribution in [0.15, 0.2) is 10.5 Å².